The van der Waals surface area contributed by atoms with Crippen LogP contribution in [0.15, 0.2) is 24.3 Å². The van der Waals surface area contributed by atoms with Gasteiger partial charge in [-0.15, -0.1) is 0 Å². The first-order chi connectivity index (χ1) is 18.5. The molecular formula is C23H33N3O13. The fourth-order valence-electron chi connectivity index (χ4n) is 4.30. The summed E-state index contributed by atoms with van der Waals surface area (Å²) in [4.78, 5) is 34.3. The second kappa shape index (κ2) is 13.4. The smallest absolute Gasteiger partial charge is 0.269 e. The second-order valence-electron chi connectivity index (χ2n) is 9.07. The molecule has 0 aromatic heterocycles. The molecule has 0 unspecified atom stereocenters. The standard InChI is InChI=1S/C23H33N3O13/c1-3-15(30)25-16-19(32)18(31)13(8-27)37-23(16)39-21-14(9-28)38-22(17(20(21)33)24-10(2)29)36-12-6-4-11(5-7-12)26(34)35/h4-7,13-14,16-23,27-28,31-33H,3,8-9H2,1-2H3,(H,24,29)(H,25,30)/t13-,14-,16-,17-,18-,19-,20-,21-,22-,23+/m1/s1. The number of nitrogens with one attached hydrogen (secondary N) is 2. The van der Waals surface area contributed by atoms with E-state index in [9.17, 15) is 45.2 Å². The molecule has 0 spiro atoms. The molecule has 2 aliphatic rings. The van der Waals surface area contributed by atoms with Crippen molar-refractivity contribution in [2.24, 2.45) is 0 Å². The number of rotatable bonds is 10. The van der Waals surface area contributed by atoms with Crippen molar-refractivity contribution in [3.8, 4) is 5.75 Å². The van der Waals surface area contributed by atoms with Crippen LogP contribution in [0.4, 0.5) is 5.69 Å². The minimum atomic E-state index is -1.63. The number of nitro groups is 1. The highest BCUT2D eigenvalue weighted by Crippen LogP contribution is 2.31. The van der Waals surface area contributed by atoms with Crippen molar-refractivity contribution in [3.63, 3.8) is 0 Å². The van der Waals surface area contributed by atoms with Gasteiger partial charge in [-0.2, -0.15) is 0 Å². The topological polar surface area (TPSA) is 239 Å². The number of hydrogen-bond acceptors (Lipinski definition) is 13. The van der Waals surface area contributed by atoms with E-state index in [-0.39, 0.29) is 17.9 Å². The Labute approximate surface area is 222 Å². The number of ether oxygens (including phenoxy) is 4. The van der Waals surface area contributed by atoms with Gasteiger partial charge in [-0.3, -0.25) is 19.7 Å². The van der Waals surface area contributed by atoms with Crippen LogP contribution in [0.2, 0.25) is 0 Å². The van der Waals surface area contributed by atoms with Crippen molar-refractivity contribution >= 4 is 17.5 Å². The summed E-state index contributed by atoms with van der Waals surface area (Å²) in [7, 11) is 0. The van der Waals surface area contributed by atoms with Crippen LogP contribution in [-0.2, 0) is 23.8 Å². The Morgan fingerprint density at radius 2 is 1.54 bits per heavy atom. The Morgan fingerprint density at radius 3 is 2.08 bits per heavy atom. The molecule has 218 valence electrons. The molecule has 16 heteroatoms. The molecule has 0 bridgehead atoms. The zero-order valence-corrected chi connectivity index (χ0v) is 21.2. The SMILES string of the molecule is CCC(=O)N[C@H]1[C@H](O[C@H]2[C@H](O)[C@@H](NC(C)=O)[C@H](Oc3ccc([N+](=O)[O-])cc3)O[C@@H]2CO)O[C@H](CO)[C@@H](O)[C@@H]1O. The normalized spacial score (nSPS) is 34.6. The van der Waals surface area contributed by atoms with Crippen LogP contribution in [0.3, 0.4) is 0 Å². The van der Waals surface area contributed by atoms with Gasteiger partial charge in [0.1, 0.15) is 54.5 Å². The molecule has 2 heterocycles. The van der Waals surface area contributed by atoms with E-state index in [0.717, 1.165) is 0 Å². The fraction of sp³-hybridized carbons (Fsp3) is 0.652. The lowest BCUT2D eigenvalue weighted by Gasteiger charge is -2.48. The summed E-state index contributed by atoms with van der Waals surface area (Å²) in [5, 5.41) is 67.6. The van der Waals surface area contributed by atoms with Crippen LogP contribution in [-0.4, -0.2) is 117 Å². The van der Waals surface area contributed by atoms with Gasteiger partial charge >= 0.3 is 0 Å². The zero-order valence-electron chi connectivity index (χ0n) is 21.2. The van der Waals surface area contributed by atoms with Gasteiger partial charge in [0.25, 0.3) is 5.69 Å². The first-order valence-corrected chi connectivity index (χ1v) is 12.2. The highest BCUT2D eigenvalue weighted by molar-refractivity contribution is 5.76. The first kappa shape index (κ1) is 30.6. The van der Waals surface area contributed by atoms with Crippen molar-refractivity contribution < 1.29 is 59.0 Å². The summed E-state index contributed by atoms with van der Waals surface area (Å²) in [6.07, 6.45) is -11.8. The first-order valence-electron chi connectivity index (χ1n) is 12.2. The molecule has 1 aromatic carbocycles. The molecule has 16 nitrogen and oxygen atoms in total. The highest BCUT2D eigenvalue weighted by Gasteiger charge is 2.52. The van der Waals surface area contributed by atoms with E-state index in [0.29, 0.717) is 0 Å². The predicted octanol–water partition coefficient (Wildman–Crippen LogP) is -2.72. The van der Waals surface area contributed by atoms with Gasteiger partial charge in [-0.1, -0.05) is 6.92 Å². The second-order valence-corrected chi connectivity index (χ2v) is 9.07. The molecule has 0 radical (unpaired) electrons. The number of hydrogen-bond donors (Lipinski definition) is 7. The third-order valence-corrected chi connectivity index (χ3v) is 6.34. The van der Waals surface area contributed by atoms with E-state index in [1.807, 2.05) is 0 Å². The van der Waals surface area contributed by atoms with E-state index in [2.05, 4.69) is 10.6 Å². The van der Waals surface area contributed by atoms with Gasteiger partial charge in [0.05, 0.1) is 18.1 Å². The van der Waals surface area contributed by atoms with E-state index in [1.54, 1.807) is 6.92 Å². The van der Waals surface area contributed by atoms with Gasteiger partial charge in [0.15, 0.2) is 6.29 Å². The van der Waals surface area contributed by atoms with E-state index < -0.39 is 91.2 Å². The molecule has 1 aromatic rings. The van der Waals surface area contributed by atoms with Gasteiger partial charge in [-0.25, -0.2) is 0 Å². The molecule has 0 saturated carbocycles. The Hall–Kier alpha value is -2.96. The number of benzene rings is 1. The number of nitrogens with zero attached hydrogens (tertiary/aromatic N) is 1. The fourth-order valence-corrected chi connectivity index (χ4v) is 4.30. The monoisotopic (exact) mass is 559 g/mol. The van der Waals surface area contributed by atoms with Crippen molar-refractivity contribution in [1.82, 2.24) is 10.6 Å². The summed E-state index contributed by atoms with van der Waals surface area (Å²) < 4.78 is 22.9. The molecule has 7 N–H and O–H groups in total. The molecule has 2 amide bonds. The minimum Gasteiger partial charge on any atom is -0.463 e. The van der Waals surface area contributed by atoms with Crippen LogP contribution < -0.4 is 15.4 Å². The molecular weight excluding hydrogens is 526 g/mol. The van der Waals surface area contributed by atoms with Crippen LogP contribution in [0.5, 0.6) is 5.75 Å². The van der Waals surface area contributed by atoms with Crippen molar-refractivity contribution in [2.75, 3.05) is 13.2 Å². The number of amides is 2. The molecule has 2 saturated heterocycles. The third-order valence-electron chi connectivity index (χ3n) is 6.34. The molecule has 3 rings (SSSR count). The Morgan fingerprint density at radius 1 is 0.949 bits per heavy atom. The number of non-ortho nitro benzene ring substituents is 1. The van der Waals surface area contributed by atoms with Gasteiger partial charge in [0, 0.05) is 25.5 Å². The number of aliphatic hydroxyl groups is 5. The number of carbonyl (C=O) groups excluding carboxylic acids is 2. The van der Waals surface area contributed by atoms with Gasteiger partial charge in [-0.05, 0) is 12.1 Å². The Kier molecular flexibility index (Phi) is 10.5. The van der Waals surface area contributed by atoms with Crippen molar-refractivity contribution in [2.45, 2.75) is 81.6 Å². The predicted molar refractivity (Wildman–Crippen MR) is 128 cm³/mol. The average Bonchev–Trinajstić information content (AvgIpc) is 2.91. The lowest BCUT2D eigenvalue weighted by Crippen LogP contribution is -2.69. The van der Waals surface area contributed by atoms with Gasteiger partial charge in [0.2, 0.25) is 18.1 Å². The third kappa shape index (κ3) is 7.17. The molecule has 39 heavy (non-hydrogen) atoms. The number of nitro benzene ring substituents is 1. The Bertz CT molecular complexity index is 996. The molecule has 2 fully saturated rings. The van der Waals surface area contributed by atoms with Gasteiger partial charge < -0.3 is 55.1 Å². The molecule has 2 aliphatic heterocycles. The van der Waals surface area contributed by atoms with E-state index in [4.69, 9.17) is 18.9 Å². The summed E-state index contributed by atoms with van der Waals surface area (Å²) in [5.74, 6) is -0.996. The largest absolute Gasteiger partial charge is 0.463 e. The van der Waals surface area contributed by atoms with Crippen molar-refractivity contribution in [1.29, 1.82) is 0 Å². The van der Waals surface area contributed by atoms with Crippen LogP contribution in [0.1, 0.15) is 20.3 Å². The van der Waals surface area contributed by atoms with E-state index in [1.165, 1.54) is 31.2 Å². The number of carbonyl (C=O) groups is 2. The highest BCUT2D eigenvalue weighted by atomic mass is 16.7. The van der Waals surface area contributed by atoms with Crippen molar-refractivity contribution in [3.05, 3.63) is 34.4 Å². The van der Waals surface area contributed by atoms with Crippen LogP contribution >= 0.6 is 0 Å². The lowest BCUT2D eigenvalue weighted by atomic mass is 9.94. The average molecular weight is 560 g/mol. The molecule has 0 aliphatic carbocycles. The lowest BCUT2D eigenvalue weighted by molar-refractivity contribution is -0.384. The quantitative estimate of drug-likeness (QED) is 0.114. The maximum absolute atomic E-state index is 12.1. The maximum Gasteiger partial charge on any atom is 0.269 e. The summed E-state index contributed by atoms with van der Waals surface area (Å²) in [5.41, 5.74) is -0.197. The molecule has 10 atom stereocenters. The van der Waals surface area contributed by atoms with Crippen LogP contribution in [0.25, 0.3) is 0 Å². The zero-order chi connectivity index (χ0) is 28.9. The summed E-state index contributed by atoms with van der Waals surface area (Å²) in [6, 6.07) is 2.30. The van der Waals surface area contributed by atoms with E-state index >= 15 is 0 Å². The van der Waals surface area contributed by atoms with Crippen LogP contribution in [0, 0.1) is 10.1 Å². The summed E-state index contributed by atoms with van der Waals surface area (Å²) in [6.45, 7) is 1.30. The summed E-state index contributed by atoms with van der Waals surface area (Å²) >= 11 is 0. The minimum absolute atomic E-state index is 0.0240. The number of aliphatic hydroxyl groups excluding tert-OH is 5. The maximum atomic E-state index is 12.1. The Balaban J connectivity index is 1.86.